The second-order valence-electron chi connectivity index (χ2n) is 8.18. The van der Waals surface area contributed by atoms with Crippen molar-refractivity contribution in [3.8, 4) is 0 Å². The molecule has 4 rings (SSSR count). The zero-order valence-corrected chi connectivity index (χ0v) is 19.4. The maximum absolute atomic E-state index is 12.9. The number of esters is 1. The molecule has 0 aromatic heterocycles. The van der Waals surface area contributed by atoms with Crippen LogP contribution in [-0.2, 0) is 20.7 Å². The lowest BCUT2D eigenvalue weighted by molar-refractivity contribution is -0.146. The molecule has 35 heavy (non-hydrogen) atoms. The molecule has 2 N–H and O–H groups in total. The predicted octanol–water partition coefficient (Wildman–Crippen LogP) is 5.06. The highest BCUT2D eigenvalue weighted by Crippen LogP contribution is 2.20. The van der Waals surface area contributed by atoms with Crippen molar-refractivity contribution in [1.82, 2.24) is 5.32 Å². The van der Waals surface area contributed by atoms with Crippen molar-refractivity contribution >= 4 is 34.2 Å². The molecule has 0 aliphatic heterocycles. The zero-order valence-electron chi connectivity index (χ0n) is 19.4. The quantitative estimate of drug-likeness (QED) is 0.356. The summed E-state index contributed by atoms with van der Waals surface area (Å²) in [5.74, 6) is -1.34. The van der Waals surface area contributed by atoms with Crippen molar-refractivity contribution in [3.63, 3.8) is 0 Å². The molecule has 6 heteroatoms. The molecule has 0 spiro atoms. The molecule has 0 bridgehead atoms. The molecule has 4 aromatic carbocycles. The van der Waals surface area contributed by atoms with Gasteiger partial charge >= 0.3 is 5.97 Å². The molecule has 0 unspecified atom stereocenters. The van der Waals surface area contributed by atoms with E-state index in [1.165, 1.54) is 0 Å². The Morgan fingerprint density at radius 2 is 1.49 bits per heavy atom. The van der Waals surface area contributed by atoms with E-state index in [0.717, 1.165) is 21.9 Å². The van der Waals surface area contributed by atoms with Gasteiger partial charge < -0.3 is 15.4 Å². The van der Waals surface area contributed by atoms with Gasteiger partial charge in [-0.15, -0.1) is 0 Å². The second kappa shape index (κ2) is 11.1. The van der Waals surface area contributed by atoms with E-state index in [1.807, 2.05) is 79.7 Å². The normalized spacial score (nSPS) is 11.5. The number of nitrogens with one attached hydrogen (secondary N) is 2. The first-order valence-electron chi connectivity index (χ1n) is 11.4. The first kappa shape index (κ1) is 23.7. The number of carbonyl (C=O) groups excluding carboxylic acids is 3. The summed E-state index contributed by atoms with van der Waals surface area (Å²) in [4.78, 5) is 37.7. The molecule has 0 aliphatic rings. The van der Waals surface area contributed by atoms with E-state index in [0.29, 0.717) is 11.3 Å². The van der Waals surface area contributed by atoms with Crippen molar-refractivity contribution in [3.05, 3.63) is 114 Å². The summed E-state index contributed by atoms with van der Waals surface area (Å²) in [5, 5.41) is 7.63. The molecule has 176 valence electrons. The van der Waals surface area contributed by atoms with Gasteiger partial charge in [-0.1, -0.05) is 84.9 Å². The van der Waals surface area contributed by atoms with Gasteiger partial charge in [0.05, 0.1) is 23.7 Å². The maximum Gasteiger partial charge on any atom is 0.310 e. The molecule has 4 aromatic rings. The monoisotopic (exact) mass is 466 g/mol. The Labute approximate surface area is 203 Å². The summed E-state index contributed by atoms with van der Waals surface area (Å²) < 4.78 is 5.20. The summed E-state index contributed by atoms with van der Waals surface area (Å²) in [7, 11) is 0. The number of rotatable bonds is 8. The van der Waals surface area contributed by atoms with Crippen LogP contribution < -0.4 is 10.6 Å². The average molecular weight is 467 g/mol. The molecule has 1 atom stereocenters. The molecular formula is C29H26N2O4. The van der Waals surface area contributed by atoms with Crippen LogP contribution in [-0.4, -0.2) is 24.4 Å². The van der Waals surface area contributed by atoms with Crippen LogP contribution in [0, 0.1) is 0 Å². The van der Waals surface area contributed by atoms with E-state index in [2.05, 4.69) is 10.6 Å². The minimum absolute atomic E-state index is 0.0605. The Bertz CT molecular complexity index is 1350. The lowest BCUT2D eigenvalue weighted by Gasteiger charge is -2.16. The van der Waals surface area contributed by atoms with E-state index in [-0.39, 0.29) is 18.4 Å². The molecule has 0 aliphatic carbocycles. The molecule has 0 radical (unpaired) electrons. The Morgan fingerprint density at radius 1 is 0.800 bits per heavy atom. The van der Waals surface area contributed by atoms with E-state index in [1.54, 1.807) is 24.3 Å². The van der Waals surface area contributed by atoms with Crippen molar-refractivity contribution in [2.75, 3.05) is 11.9 Å². The first-order valence-corrected chi connectivity index (χ1v) is 11.4. The topological polar surface area (TPSA) is 84.5 Å². The smallest absolute Gasteiger partial charge is 0.310 e. The lowest BCUT2D eigenvalue weighted by Crippen LogP contribution is -2.28. The van der Waals surface area contributed by atoms with Gasteiger partial charge in [-0.05, 0) is 41.0 Å². The molecule has 0 saturated heterocycles. The van der Waals surface area contributed by atoms with Crippen molar-refractivity contribution in [1.29, 1.82) is 0 Å². The van der Waals surface area contributed by atoms with Crippen molar-refractivity contribution < 1.29 is 19.1 Å². The largest absolute Gasteiger partial charge is 0.455 e. The van der Waals surface area contributed by atoms with Crippen LogP contribution in [0.25, 0.3) is 10.8 Å². The van der Waals surface area contributed by atoms with E-state index in [9.17, 15) is 14.4 Å². The number of hydrogen-bond donors (Lipinski definition) is 2. The fourth-order valence-electron chi connectivity index (χ4n) is 3.88. The molecule has 2 amide bonds. The molecule has 0 fully saturated rings. The zero-order chi connectivity index (χ0) is 24.6. The summed E-state index contributed by atoms with van der Waals surface area (Å²) in [6.45, 7) is 1.45. The Kier molecular flexibility index (Phi) is 7.53. The number of hydrogen-bond acceptors (Lipinski definition) is 4. The van der Waals surface area contributed by atoms with Gasteiger partial charge in [0.2, 0.25) is 0 Å². The Morgan fingerprint density at radius 3 is 2.31 bits per heavy atom. The molecular weight excluding hydrogens is 440 g/mol. The number of amides is 2. The minimum Gasteiger partial charge on any atom is -0.455 e. The highest BCUT2D eigenvalue weighted by molar-refractivity contribution is 6.04. The average Bonchev–Trinajstić information content (AvgIpc) is 2.88. The molecule has 6 nitrogen and oxygen atoms in total. The Hall–Kier alpha value is -4.45. The third-order valence-corrected chi connectivity index (χ3v) is 5.67. The number of fused-ring (bicyclic) bond motifs is 1. The van der Waals surface area contributed by atoms with Crippen LogP contribution in [0.3, 0.4) is 0 Å². The third-order valence-electron chi connectivity index (χ3n) is 5.67. The summed E-state index contributed by atoms with van der Waals surface area (Å²) in [6.07, 6.45) is 0.0605. The minimum atomic E-state index is -0.521. The fraction of sp³-hybridized carbons (Fsp3) is 0.138. The van der Waals surface area contributed by atoms with Gasteiger partial charge in [-0.2, -0.15) is 0 Å². The van der Waals surface area contributed by atoms with E-state index in [4.69, 9.17) is 4.74 Å². The van der Waals surface area contributed by atoms with Gasteiger partial charge in [-0.25, -0.2) is 0 Å². The predicted molar refractivity (Wildman–Crippen MR) is 136 cm³/mol. The SMILES string of the molecule is C[C@H](NC(=O)c1ccccc1NC(=O)COC(=O)Cc1cccc2ccccc12)c1ccccc1. The number of para-hydroxylation sites is 1. The number of ether oxygens (including phenoxy) is 1. The van der Waals surface area contributed by atoms with Crippen LogP contribution >= 0.6 is 0 Å². The van der Waals surface area contributed by atoms with Gasteiger partial charge in [0.1, 0.15) is 0 Å². The maximum atomic E-state index is 12.9. The standard InChI is InChI=1S/C29H26N2O4/c1-20(21-10-3-2-4-11-21)30-29(34)25-16-7-8-17-26(25)31-27(32)19-35-28(33)18-23-14-9-13-22-12-5-6-15-24(22)23/h2-17,20H,18-19H2,1H3,(H,30,34)(H,31,32)/t20-/m0/s1. The number of carbonyl (C=O) groups is 3. The van der Waals surface area contributed by atoms with Gasteiger partial charge in [0, 0.05) is 0 Å². The lowest BCUT2D eigenvalue weighted by atomic mass is 10.0. The van der Waals surface area contributed by atoms with Gasteiger partial charge in [-0.3, -0.25) is 14.4 Å². The van der Waals surface area contributed by atoms with E-state index < -0.39 is 18.5 Å². The third kappa shape index (κ3) is 6.12. The highest BCUT2D eigenvalue weighted by Gasteiger charge is 2.17. The van der Waals surface area contributed by atoms with E-state index >= 15 is 0 Å². The van der Waals surface area contributed by atoms with Crippen molar-refractivity contribution in [2.24, 2.45) is 0 Å². The summed E-state index contributed by atoms with van der Waals surface area (Å²) in [6, 6.07) is 29.6. The summed E-state index contributed by atoms with van der Waals surface area (Å²) in [5.41, 5.74) is 2.48. The van der Waals surface area contributed by atoms with Crippen LogP contribution in [0.15, 0.2) is 97.1 Å². The fourth-order valence-corrected chi connectivity index (χ4v) is 3.88. The highest BCUT2D eigenvalue weighted by atomic mass is 16.5. The Balaban J connectivity index is 1.34. The van der Waals surface area contributed by atoms with Gasteiger partial charge in [0.15, 0.2) is 6.61 Å². The number of anilines is 1. The van der Waals surface area contributed by atoms with Crippen LogP contribution in [0.5, 0.6) is 0 Å². The second-order valence-corrected chi connectivity index (χ2v) is 8.18. The number of benzene rings is 4. The van der Waals surface area contributed by atoms with Crippen LogP contribution in [0.4, 0.5) is 5.69 Å². The molecule has 0 heterocycles. The van der Waals surface area contributed by atoms with Gasteiger partial charge in [0.25, 0.3) is 11.8 Å². The summed E-state index contributed by atoms with van der Waals surface area (Å²) >= 11 is 0. The van der Waals surface area contributed by atoms with Crippen molar-refractivity contribution in [2.45, 2.75) is 19.4 Å². The first-order chi connectivity index (χ1) is 17.0. The van der Waals surface area contributed by atoms with Crippen LogP contribution in [0.2, 0.25) is 0 Å². The van der Waals surface area contributed by atoms with Crippen LogP contribution in [0.1, 0.15) is 34.5 Å². The molecule has 0 saturated carbocycles.